The van der Waals surface area contributed by atoms with Crippen LogP contribution < -0.4 is 9.64 Å². The van der Waals surface area contributed by atoms with Crippen LogP contribution in [0.4, 0.5) is 13.2 Å². The maximum atomic E-state index is 13.0. The number of quaternary nitrogens is 1. The van der Waals surface area contributed by atoms with Gasteiger partial charge in [-0.05, 0) is 43.4 Å². The first-order valence-corrected chi connectivity index (χ1v) is 9.00. The van der Waals surface area contributed by atoms with E-state index in [1.165, 1.54) is 11.7 Å². The molecule has 1 aromatic heterocycles. The third-order valence-electron chi connectivity index (χ3n) is 4.72. The number of ether oxygens (including phenoxy) is 1. The van der Waals surface area contributed by atoms with Gasteiger partial charge >= 0.3 is 6.18 Å². The van der Waals surface area contributed by atoms with Crippen LogP contribution in [0.1, 0.15) is 37.2 Å². The molecule has 1 aliphatic rings. The second-order valence-corrected chi connectivity index (χ2v) is 6.79. The summed E-state index contributed by atoms with van der Waals surface area (Å²) in [4.78, 5) is 1.16. The summed E-state index contributed by atoms with van der Waals surface area (Å²) in [6.07, 6.45) is -2.52. The SMILES string of the molecule is CCOc1ccc([C@@H]2CCC[NH+]2Cn2nc(C(F)(F)F)n(C)c2=S)cc1. The molecule has 26 heavy (non-hydrogen) atoms. The largest absolute Gasteiger partial charge is 0.494 e. The standard InChI is InChI=1S/C17H21F3N4OS/c1-3-25-13-8-6-12(7-9-13)14-5-4-10-23(14)11-24-16(26)22(2)15(21-24)17(18,19)20/h6-9,14H,3-5,10-11H2,1-2H3/p+1/t14-/m0/s1. The number of nitrogens with one attached hydrogen (secondary N) is 1. The summed E-state index contributed by atoms with van der Waals surface area (Å²) in [5.74, 6) is -0.142. The fourth-order valence-corrected chi connectivity index (χ4v) is 3.69. The van der Waals surface area contributed by atoms with Gasteiger partial charge in [-0.25, -0.2) is 0 Å². The molecule has 2 aromatic rings. The minimum Gasteiger partial charge on any atom is -0.494 e. The predicted octanol–water partition coefficient (Wildman–Crippen LogP) is 2.75. The smallest absolute Gasteiger partial charge is 0.451 e. The van der Waals surface area contributed by atoms with Gasteiger partial charge in [0.05, 0.1) is 13.2 Å². The van der Waals surface area contributed by atoms with Crippen molar-refractivity contribution in [3.8, 4) is 5.75 Å². The molecule has 0 amide bonds. The Bertz CT molecular complexity index is 813. The zero-order chi connectivity index (χ0) is 18.9. The van der Waals surface area contributed by atoms with Crippen LogP contribution in [-0.2, 0) is 19.9 Å². The number of benzene rings is 1. The van der Waals surface area contributed by atoms with Gasteiger partial charge in [-0.2, -0.15) is 17.9 Å². The Balaban J connectivity index is 1.80. The highest BCUT2D eigenvalue weighted by atomic mass is 32.1. The lowest BCUT2D eigenvalue weighted by Gasteiger charge is -2.21. The molecule has 2 heterocycles. The summed E-state index contributed by atoms with van der Waals surface area (Å²) in [5.41, 5.74) is 1.15. The van der Waals surface area contributed by atoms with Gasteiger partial charge < -0.3 is 9.64 Å². The number of aromatic nitrogens is 3. The first-order valence-electron chi connectivity index (χ1n) is 8.59. The zero-order valence-electron chi connectivity index (χ0n) is 14.7. The van der Waals surface area contributed by atoms with Crippen molar-refractivity contribution in [1.82, 2.24) is 14.3 Å². The first kappa shape index (κ1) is 18.9. The summed E-state index contributed by atoms with van der Waals surface area (Å²) in [6, 6.07) is 8.13. The lowest BCUT2D eigenvalue weighted by Crippen LogP contribution is -3.09. The third kappa shape index (κ3) is 3.78. The van der Waals surface area contributed by atoms with Crippen molar-refractivity contribution in [1.29, 1.82) is 0 Å². The number of hydrogen-bond donors (Lipinski definition) is 1. The Labute approximate surface area is 155 Å². The predicted molar refractivity (Wildman–Crippen MR) is 92.4 cm³/mol. The van der Waals surface area contributed by atoms with E-state index in [0.717, 1.165) is 40.2 Å². The van der Waals surface area contributed by atoms with E-state index >= 15 is 0 Å². The van der Waals surface area contributed by atoms with Crippen LogP contribution in [0.5, 0.6) is 5.75 Å². The molecule has 0 saturated carbocycles. The highest BCUT2D eigenvalue weighted by Crippen LogP contribution is 2.27. The molecule has 0 aliphatic carbocycles. The molecule has 1 unspecified atom stereocenters. The normalized spacial score (nSPS) is 20.5. The van der Waals surface area contributed by atoms with Crippen LogP contribution in [0.15, 0.2) is 24.3 Å². The second-order valence-electron chi connectivity index (χ2n) is 6.43. The highest BCUT2D eigenvalue weighted by Gasteiger charge is 2.38. The number of halogens is 3. The zero-order valence-corrected chi connectivity index (χ0v) is 15.5. The Morgan fingerprint density at radius 3 is 2.58 bits per heavy atom. The van der Waals surface area contributed by atoms with Gasteiger partial charge in [0.25, 0.3) is 0 Å². The van der Waals surface area contributed by atoms with Crippen molar-refractivity contribution < 1.29 is 22.8 Å². The number of nitrogens with zero attached hydrogens (tertiary/aromatic N) is 3. The van der Waals surface area contributed by atoms with E-state index in [4.69, 9.17) is 17.0 Å². The number of hydrogen-bond acceptors (Lipinski definition) is 3. The van der Waals surface area contributed by atoms with Crippen molar-refractivity contribution >= 4 is 12.2 Å². The molecule has 1 aliphatic heterocycles. The van der Waals surface area contributed by atoms with Crippen LogP contribution in [0.25, 0.3) is 0 Å². The maximum absolute atomic E-state index is 13.0. The van der Waals surface area contributed by atoms with Crippen molar-refractivity contribution in [3.05, 3.63) is 40.4 Å². The highest BCUT2D eigenvalue weighted by molar-refractivity contribution is 7.71. The molecule has 0 bridgehead atoms. The molecule has 1 aromatic carbocycles. The van der Waals surface area contributed by atoms with Crippen LogP contribution in [0.2, 0.25) is 0 Å². The Kier molecular flexibility index (Phi) is 5.38. The van der Waals surface area contributed by atoms with Crippen molar-refractivity contribution in [3.63, 3.8) is 0 Å². The van der Waals surface area contributed by atoms with Gasteiger partial charge in [0.2, 0.25) is 10.6 Å². The minimum atomic E-state index is -4.51. The average molecular weight is 387 g/mol. The average Bonchev–Trinajstić information content (AvgIpc) is 3.16. The van der Waals surface area contributed by atoms with E-state index < -0.39 is 12.0 Å². The summed E-state index contributed by atoms with van der Waals surface area (Å²) in [7, 11) is 1.30. The molecule has 1 fully saturated rings. The lowest BCUT2D eigenvalue weighted by atomic mass is 10.0. The molecule has 5 nitrogen and oxygen atoms in total. The van der Waals surface area contributed by atoms with Crippen LogP contribution in [-0.4, -0.2) is 27.5 Å². The molecule has 2 atom stereocenters. The van der Waals surface area contributed by atoms with E-state index in [0.29, 0.717) is 13.3 Å². The topological polar surface area (TPSA) is 36.4 Å². The first-order chi connectivity index (χ1) is 12.3. The number of likely N-dealkylation sites (tertiary alicyclic amines) is 1. The van der Waals surface area contributed by atoms with Crippen LogP contribution in [0.3, 0.4) is 0 Å². The summed E-state index contributed by atoms with van der Waals surface area (Å²) >= 11 is 5.15. The number of rotatable bonds is 5. The van der Waals surface area contributed by atoms with Crippen molar-refractivity contribution in [2.75, 3.05) is 13.2 Å². The number of alkyl halides is 3. The fraction of sp³-hybridized carbons (Fsp3) is 0.529. The third-order valence-corrected chi connectivity index (χ3v) is 5.21. The quantitative estimate of drug-likeness (QED) is 0.802. The Hall–Kier alpha value is -1.87. The van der Waals surface area contributed by atoms with Crippen LogP contribution in [0, 0.1) is 4.77 Å². The van der Waals surface area contributed by atoms with Crippen molar-refractivity contribution in [2.24, 2.45) is 7.05 Å². The summed E-state index contributed by atoms with van der Waals surface area (Å²) < 4.78 is 46.9. The van der Waals surface area contributed by atoms with E-state index in [-0.39, 0.29) is 10.8 Å². The minimum absolute atomic E-state index is 0.0853. The van der Waals surface area contributed by atoms with E-state index in [2.05, 4.69) is 5.10 Å². The van der Waals surface area contributed by atoms with Gasteiger partial charge in [-0.3, -0.25) is 4.57 Å². The summed E-state index contributed by atoms with van der Waals surface area (Å²) in [5, 5.41) is 3.72. The van der Waals surface area contributed by atoms with Gasteiger partial charge in [0.1, 0.15) is 11.8 Å². The van der Waals surface area contributed by atoms with Crippen molar-refractivity contribution in [2.45, 2.75) is 38.7 Å². The van der Waals surface area contributed by atoms with Crippen LogP contribution >= 0.6 is 12.2 Å². The van der Waals surface area contributed by atoms with E-state index in [1.807, 2.05) is 31.2 Å². The molecule has 0 spiro atoms. The molecule has 0 radical (unpaired) electrons. The van der Waals surface area contributed by atoms with E-state index in [1.54, 1.807) is 0 Å². The lowest BCUT2D eigenvalue weighted by molar-refractivity contribution is -0.941. The van der Waals surface area contributed by atoms with E-state index in [9.17, 15) is 13.2 Å². The molecule has 9 heteroatoms. The Morgan fingerprint density at radius 1 is 1.31 bits per heavy atom. The van der Waals surface area contributed by atoms with Gasteiger partial charge in [-0.1, -0.05) is 0 Å². The fourth-order valence-electron chi connectivity index (χ4n) is 3.50. The van der Waals surface area contributed by atoms with Gasteiger partial charge in [0.15, 0.2) is 6.67 Å². The Morgan fingerprint density at radius 2 is 2.00 bits per heavy atom. The van der Waals surface area contributed by atoms with Gasteiger partial charge in [0, 0.05) is 25.5 Å². The molecular weight excluding hydrogens is 365 g/mol. The molecule has 1 saturated heterocycles. The molecule has 3 rings (SSSR count). The summed E-state index contributed by atoms with van der Waals surface area (Å²) in [6.45, 7) is 3.74. The van der Waals surface area contributed by atoms with Gasteiger partial charge in [-0.15, -0.1) is 5.10 Å². The second kappa shape index (κ2) is 7.40. The molecule has 142 valence electrons. The molecular formula is C17H22F3N4OS+. The maximum Gasteiger partial charge on any atom is 0.451 e. The molecule has 1 N–H and O–H groups in total. The monoisotopic (exact) mass is 387 g/mol.